The van der Waals surface area contributed by atoms with E-state index in [1.165, 1.54) is 0 Å². The van der Waals surface area contributed by atoms with Gasteiger partial charge < -0.3 is 20.4 Å². The summed E-state index contributed by atoms with van der Waals surface area (Å²) in [6, 6.07) is 0. The van der Waals surface area contributed by atoms with E-state index in [2.05, 4.69) is 5.32 Å². The molecule has 0 bridgehead atoms. The fourth-order valence-electron chi connectivity index (χ4n) is 1.15. The van der Waals surface area contributed by atoms with Gasteiger partial charge in [-0.15, -0.1) is 0 Å². The van der Waals surface area contributed by atoms with Gasteiger partial charge in [0.1, 0.15) is 12.3 Å². The van der Waals surface area contributed by atoms with Gasteiger partial charge in [0.15, 0.2) is 0 Å². The second-order valence-electron chi connectivity index (χ2n) is 2.78. The van der Waals surface area contributed by atoms with Crippen molar-refractivity contribution < 1.29 is 20.4 Å². The van der Waals surface area contributed by atoms with Crippen molar-refractivity contribution in [3.8, 4) is 0 Å². The topological polar surface area (TPSA) is 93.0 Å². The minimum absolute atomic E-state index is 0.196. The standard InChI is InChI=1S/C6H13NO4/c8-2-3-1-7-6(11)5(10)4(3)9/h3-11H,1-2H2/t3-,4-,5+,6+/m1/s1. The molecule has 1 rings (SSSR count). The molecule has 0 amide bonds. The summed E-state index contributed by atoms with van der Waals surface area (Å²) in [6.07, 6.45) is -3.34. The fourth-order valence-corrected chi connectivity index (χ4v) is 1.15. The second-order valence-corrected chi connectivity index (χ2v) is 2.78. The molecular formula is C6H13NO4. The Bertz CT molecular complexity index is 130. The number of aliphatic hydroxyl groups is 4. The van der Waals surface area contributed by atoms with Crippen LogP contribution in [0.3, 0.4) is 0 Å². The van der Waals surface area contributed by atoms with Crippen LogP contribution >= 0.6 is 0 Å². The summed E-state index contributed by atoms with van der Waals surface area (Å²) in [4.78, 5) is 0. The SMILES string of the molecule is OC[C@H]1CN[C@@H](O)[C@@H](O)[C@@H]1O. The van der Waals surface area contributed by atoms with E-state index < -0.39 is 24.4 Å². The zero-order chi connectivity index (χ0) is 8.43. The molecule has 1 saturated heterocycles. The molecule has 0 radical (unpaired) electrons. The van der Waals surface area contributed by atoms with Crippen molar-refractivity contribution in [2.45, 2.75) is 18.4 Å². The smallest absolute Gasteiger partial charge is 0.133 e. The maximum atomic E-state index is 9.20. The molecule has 0 spiro atoms. The number of hydrogen-bond acceptors (Lipinski definition) is 5. The summed E-state index contributed by atoms with van der Waals surface area (Å²) in [5, 5.41) is 38.5. The van der Waals surface area contributed by atoms with Crippen LogP contribution in [0.2, 0.25) is 0 Å². The molecule has 0 saturated carbocycles. The highest BCUT2D eigenvalue weighted by molar-refractivity contribution is 4.86. The van der Waals surface area contributed by atoms with Crippen molar-refractivity contribution >= 4 is 0 Å². The number of hydrogen-bond donors (Lipinski definition) is 5. The molecule has 0 aliphatic carbocycles. The molecular weight excluding hydrogens is 150 g/mol. The molecule has 5 heteroatoms. The lowest BCUT2D eigenvalue weighted by Gasteiger charge is -2.34. The van der Waals surface area contributed by atoms with Crippen LogP contribution in [0, 0.1) is 5.92 Å². The minimum Gasteiger partial charge on any atom is -0.396 e. The lowest BCUT2D eigenvalue weighted by Crippen LogP contribution is -2.57. The van der Waals surface area contributed by atoms with Gasteiger partial charge in [-0.1, -0.05) is 0 Å². The van der Waals surface area contributed by atoms with Crippen LogP contribution in [0.15, 0.2) is 0 Å². The molecule has 4 atom stereocenters. The van der Waals surface area contributed by atoms with E-state index in [1.807, 2.05) is 0 Å². The Labute approximate surface area is 64.3 Å². The summed E-state index contributed by atoms with van der Waals surface area (Å²) in [6.45, 7) is 0.119. The van der Waals surface area contributed by atoms with E-state index in [4.69, 9.17) is 15.3 Å². The van der Waals surface area contributed by atoms with Crippen LogP contribution < -0.4 is 5.32 Å². The first-order valence-electron chi connectivity index (χ1n) is 3.55. The second kappa shape index (κ2) is 3.46. The van der Waals surface area contributed by atoms with Crippen LogP contribution in [0.1, 0.15) is 0 Å². The van der Waals surface area contributed by atoms with Gasteiger partial charge in [0.05, 0.1) is 6.10 Å². The minimum atomic E-state index is -1.21. The summed E-state index contributed by atoms with van der Waals surface area (Å²) < 4.78 is 0. The Balaban J connectivity index is 2.52. The molecule has 1 heterocycles. The zero-order valence-corrected chi connectivity index (χ0v) is 6.01. The summed E-state index contributed by atoms with van der Waals surface area (Å²) >= 11 is 0. The van der Waals surface area contributed by atoms with E-state index in [1.54, 1.807) is 0 Å². The number of piperidine rings is 1. The van der Waals surface area contributed by atoms with Crippen molar-refractivity contribution in [1.29, 1.82) is 0 Å². The maximum absolute atomic E-state index is 9.20. The lowest BCUT2D eigenvalue weighted by atomic mass is 9.94. The Kier molecular flexibility index (Phi) is 2.80. The maximum Gasteiger partial charge on any atom is 0.133 e. The van der Waals surface area contributed by atoms with Crippen LogP contribution in [-0.2, 0) is 0 Å². The molecule has 5 N–H and O–H groups in total. The monoisotopic (exact) mass is 163 g/mol. The van der Waals surface area contributed by atoms with Gasteiger partial charge in [0, 0.05) is 19.1 Å². The van der Waals surface area contributed by atoms with Gasteiger partial charge in [0.25, 0.3) is 0 Å². The molecule has 66 valence electrons. The Hall–Kier alpha value is -0.200. The third-order valence-corrected chi connectivity index (χ3v) is 1.98. The summed E-state index contributed by atoms with van der Waals surface area (Å²) in [7, 11) is 0. The van der Waals surface area contributed by atoms with E-state index in [0.717, 1.165) is 0 Å². The van der Waals surface area contributed by atoms with Gasteiger partial charge in [0.2, 0.25) is 0 Å². The first kappa shape index (κ1) is 8.89. The van der Waals surface area contributed by atoms with Crippen LogP contribution in [0.25, 0.3) is 0 Å². The zero-order valence-electron chi connectivity index (χ0n) is 6.01. The molecule has 0 unspecified atom stereocenters. The number of rotatable bonds is 1. The van der Waals surface area contributed by atoms with E-state index in [0.29, 0.717) is 6.54 Å². The predicted octanol–water partition coefficient (Wildman–Crippen LogP) is -2.76. The van der Waals surface area contributed by atoms with Gasteiger partial charge >= 0.3 is 0 Å². The fraction of sp³-hybridized carbons (Fsp3) is 1.00. The van der Waals surface area contributed by atoms with E-state index in [9.17, 15) is 5.11 Å². The third-order valence-electron chi connectivity index (χ3n) is 1.98. The molecule has 0 aromatic carbocycles. The first-order valence-corrected chi connectivity index (χ1v) is 3.55. The average molecular weight is 163 g/mol. The van der Waals surface area contributed by atoms with Crippen molar-refractivity contribution in [3.05, 3.63) is 0 Å². The van der Waals surface area contributed by atoms with Crippen molar-refractivity contribution in [1.82, 2.24) is 5.32 Å². The highest BCUT2D eigenvalue weighted by Crippen LogP contribution is 2.13. The molecule has 5 nitrogen and oxygen atoms in total. The van der Waals surface area contributed by atoms with E-state index >= 15 is 0 Å². The third kappa shape index (κ3) is 1.69. The Morgan fingerprint density at radius 2 is 1.82 bits per heavy atom. The average Bonchev–Trinajstić information content (AvgIpc) is 2.01. The first-order chi connectivity index (χ1) is 5.16. The van der Waals surface area contributed by atoms with E-state index in [-0.39, 0.29) is 6.61 Å². The highest BCUT2D eigenvalue weighted by atomic mass is 16.4. The quantitative estimate of drug-likeness (QED) is 0.289. The molecule has 11 heavy (non-hydrogen) atoms. The summed E-state index contributed by atoms with van der Waals surface area (Å²) in [5.41, 5.74) is 0. The largest absolute Gasteiger partial charge is 0.396 e. The van der Waals surface area contributed by atoms with Gasteiger partial charge in [-0.05, 0) is 0 Å². The Morgan fingerprint density at radius 1 is 1.18 bits per heavy atom. The number of nitrogens with one attached hydrogen (secondary N) is 1. The van der Waals surface area contributed by atoms with Crippen LogP contribution in [0.4, 0.5) is 0 Å². The lowest BCUT2D eigenvalue weighted by molar-refractivity contribution is -0.124. The normalized spacial score (nSPS) is 45.8. The van der Waals surface area contributed by atoms with Crippen LogP contribution in [-0.4, -0.2) is 52.0 Å². The molecule has 1 fully saturated rings. The molecule has 1 aliphatic rings. The van der Waals surface area contributed by atoms with Crippen molar-refractivity contribution in [2.24, 2.45) is 5.92 Å². The van der Waals surface area contributed by atoms with Crippen molar-refractivity contribution in [3.63, 3.8) is 0 Å². The number of aliphatic hydroxyl groups excluding tert-OH is 4. The van der Waals surface area contributed by atoms with Crippen LogP contribution in [0.5, 0.6) is 0 Å². The van der Waals surface area contributed by atoms with Gasteiger partial charge in [-0.25, -0.2) is 0 Å². The Morgan fingerprint density at radius 3 is 2.36 bits per heavy atom. The van der Waals surface area contributed by atoms with Gasteiger partial charge in [-0.2, -0.15) is 0 Å². The molecule has 1 aliphatic heterocycles. The summed E-state index contributed by atoms with van der Waals surface area (Å²) in [5.74, 6) is -0.395. The molecule has 0 aromatic heterocycles. The predicted molar refractivity (Wildman–Crippen MR) is 36.6 cm³/mol. The highest BCUT2D eigenvalue weighted by Gasteiger charge is 2.35. The van der Waals surface area contributed by atoms with Crippen molar-refractivity contribution in [2.75, 3.05) is 13.2 Å². The van der Waals surface area contributed by atoms with Gasteiger partial charge in [-0.3, -0.25) is 5.32 Å². The molecule has 0 aromatic rings.